The zero-order valence-electron chi connectivity index (χ0n) is 11.9. The van der Waals surface area contributed by atoms with E-state index in [9.17, 15) is 0 Å². The van der Waals surface area contributed by atoms with E-state index in [0.29, 0.717) is 6.54 Å². The Morgan fingerprint density at radius 1 is 1.17 bits per heavy atom. The first-order chi connectivity index (χ1) is 11.3. The van der Waals surface area contributed by atoms with Crippen molar-refractivity contribution in [2.24, 2.45) is 0 Å². The van der Waals surface area contributed by atoms with E-state index in [4.69, 9.17) is 11.6 Å². The molecule has 0 aliphatic carbocycles. The van der Waals surface area contributed by atoms with E-state index >= 15 is 0 Å². The van der Waals surface area contributed by atoms with Gasteiger partial charge in [-0.15, -0.1) is 11.3 Å². The fraction of sp³-hybridized carbons (Fsp3) is 0.0625. The average molecular weight is 359 g/mol. The number of hydrogen-bond acceptors (Lipinski definition) is 6. The minimum absolute atomic E-state index is 0.643. The molecule has 0 spiro atoms. The highest BCUT2D eigenvalue weighted by atomic mass is 35.5. The fourth-order valence-electron chi connectivity index (χ4n) is 2.15. The van der Waals surface area contributed by atoms with Crippen molar-refractivity contribution < 1.29 is 0 Å². The maximum absolute atomic E-state index is 6.01. The molecule has 3 aromatic heterocycles. The van der Waals surface area contributed by atoms with Gasteiger partial charge in [0.2, 0.25) is 0 Å². The second kappa shape index (κ2) is 6.23. The lowest BCUT2D eigenvalue weighted by molar-refractivity contribution is 1.07. The van der Waals surface area contributed by atoms with Crippen molar-refractivity contribution in [3.63, 3.8) is 0 Å². The van der Waals surface area contributed by atoms with Crippen LogP contribution in [0.3, 0.4) is 0 Å². The quantitative estimate of drug-likeness (QED) is 0.552. The Morgan fingerprint density at radius 2 is 2.13 bits per heavy atom. The summed E-state index contributed by atoms with van der Waals surface area (Å²) in [6.07, 6.45) is 3.59. The first kappa shape index (κ1) is 14.6. The number of nitrogens with zero attached hydrogens (tertiary/aromatic N) is 3. The van der Waals surface area contributed by atoms with Crippen molar-refractivity contribution in [1.29, 1.82) is 0 Å². The van der Waals surface area contributed by atoms with E-state index in [0.717, 1.165) is 36.6 Å². The number of hydrogen-bond donors (Lipinski definition) is 1. The number of nitrogens with one attached hydrogen (secondary N) is 1. The van der Waals surface area contributed by atoms with Crippen LogP contribution in [-0.4, -0.2) is 15.0 Å². The van der Waals surface area contributed by atoms with Gasteiger partial charge in [0.25, 0.3) is 0 Å². The minimum atomic E-state index is 0.643. The molecule has 4 aromatic rings. The van der Waals surface area contributed by atoms with E-state index in [1.165, 1.54) is 0 Å². The maximum Gasteiger partial charge on any atom is 0.184 e. The van der Waals surface area contributed by atoms with Crippen LogP contribution >= 0.6 is 34.3 Å². The molecule has 7 heteroatoms. The normalized spacial score (nSPS) is 11.0. The van der Waals surface area contributed by atoms with Crippen LogP contribution in [0.25, 0.3) is 20.8 Å². The third-order valence-electron chi connectivity index (χ3n) is 3.23. The van der Waals surface area contributed by atoms with Crippen molar-refractivity contribution in [3.8, 4) is 10.6 Å². The molecule has 0 atom stereocenters. The summed E-state index contributed by atoms with van der Waals surface area (Å²) in [5.41, 5.74) is 2.99. The topological polar surface area (TPSA) is 50.7 Å². The molecule has 23 heavy (non-hydrogen) atoms. The van der Waals surface area contributed by atoms with Gasteiger partial charge in [-0.25, -0.2) is 9.97 Å². The Morgan fingerprint density at radius 3 is 3.00 bits per heavy atom. The Kier molecular flexibility index (Phi) is 3.95. The van der Waals surface area contributed by atoms with Crippen LogP contribution in [0.5, 0.6) is 0 Å². The van der Waals surface area contributed by atoms with Gasteiger partial charge in [0.15, 0.2) is 5.13 Å². The van der Waals surface area contributed by atoms with Gasteiger partial charge in [-0.2, -0.15) is 0 Å². The number of aromatic nitrogens is 3. The summed E-state index contributed by atoms with van der Waals surface area (Å²) in [7, 11) is 0. The van der Waals surface area contributed by atoms with Gasteiger partial charge >= 0.3 is 0 Å². The molecule has 1 aromatic carbocycles. The van der Waals surface area contributed by atoms with Gasteiger partial charge in [-0.1, -0.05) is 22.9 Å². The van der Waals surface area contributed by atoms with Crippen molar-refractivity contribution in [2.75, 3.05) is 5.32 Å². The highest BCUT2D eigenvalue weighted by Gasteiger charge is 2.07. The predicted octanol–water partition coefficient (Wildman–Crippen LogP) is 5.08. The molecular weight excluding hydrogens is 348 g/mol. The fourth-order valence-corrected chi connectivity index (χ4v) is 4.10. The van der Waals surface area contributed by atoms with Gasteiger partial charge in [-0.3, -0.25) is 4.98 Å². The van der Waals surface area contributed by atoms with Crippen LogP contribution in [0.1, 0.15) is 5.69 Å². The second-order valence-electron chi connectivity index (χ2n) is 4.87. The number of fused-ring (bicyclic) bond motifs is 1. The molecule has 3 heterocycles. The molecule has 4 rings (SSSR count). The number of pyridine rings is 1. The number of rotatable bonds is 4. The largest absolute Gasteiger partial charge is 0.356 e. The van der Waals surface area contributed by atoms with Crippen molar-refractivity contribution in [1.82, 2.24) is 15.0 Å². The van der Waals surface area contributed by atoms with Crippen LogP contribution in [0, 0.1) is 0 Å². The summed E-state index contributed by atoms with van der Waals surface area (Å²) >= 11 is 9.22. The zero-order valence-corrected chi connectivity index (χ0v) is 14.3. The highest BCUT2D eigenvalue weighted by molar-refractivity contribution is 7.22. The second-order valence-corrected chi connectivity index (χ2v) is 7.20. The lowest BCUT2D eigenvalue weighted by atomic mass is 10.3. The van der Waals surface area contributed by atoms with Gasteiger partial charge in [0, 0.05) is 28.4 Å². The first-order valence-corrected chi connectivity index (χ1v) is 9.00. The maximum atomic E-state index is 6.01. The summed E-state index contributed by atoms with van der Waals surface area (Å²) < 4.78 is 1.08. The highest BCUT2D eigenvalue weighted by Crippen LogP contribution is 2.29. The molecule has 0 aliphatic heterocycles. The SMILES string of the molecule is Clc1ccc2nc(NCc3csc(-c4cccnc4)n3)sc2c1. The van der Waals surface area contributed by atoms with E-state index in [2.05, 4.69) is 25.6 Å². The zero-order chi connectivity index (χ0) is 15.6. The van der Waals surface area contributed by atoms with Crippen molar-refractivity contribution >= 4 is 49.6 Å². The lowest BCUT2D eigenvalue weighted by Gasteiger charge is -1.98. The summed E-state index contributed by atoms with van der Waals surface area (Å²) in [6.45, 7) is 0.643. The Bertz CT molecular complexity index is 949. The van der Waals surface area contributed by atoms with Gasteiger partial charge in [0.1, 0.15) is 5.01 Å². The standard InChI is InChI=1S/C16H11ClN4S2/c17-11-3-4-13-14(6-11)23-16(21-13)19-8-12-9-22-15(20-12)10-2-1-5-18-7-10/h1-7,9H,8H2,(H,19,21). The van der Waals surface area contributed by atoms with E-state index in [1.807, 2.05) is 36.5 Å². The van der Waals surface area contributed by atoms with E-state index in [-0.39, 0.29) is 0 Å². The molecule has 0 saturated carbocycles. The molecule has 0 unspecified atom stereocenters. The summed E-state index contributed by atoms with van der Waals surface area (Å²) in [5.74, 6) is 0. The lowest BCUT2D eigenvalue weighted by Crippen LogP contribution is -1.98. The number of halogens is 1. The van der Waals surface area contributed by atoms with Crippen LogP contribution in [0.4, 0.5) is 5.13 Å². The van der Waals surface area contributed by atoms with Gasteiger partial charge in [0.05, 0.1) is 22.5 Å². The average Bonchev–Trinajstić information content (AvgIpc) is 3.20. The Balaban J connectivity index is 1.49. The molecule has 0 radical (unpaired) electrons. The first-order valence-electron chi connectivity index (χ1n) is 6.93. The molecule has 0 amide bonds. The van der Waals surface area contributed by atoms with E-state index < -0.39 is 0 Å². The smallest absolute Gasteiger partial charge is 0.184 e. The Labute approximate surface area is 145 Å². The molecule has 0 fully saturated rings. The Hall–Kier alpha value is -2.02. The minimum Gasteiger partial charge on any atom is -0.356 e. The van der Waals surface area contributed by atoms with Crippen molar-refractivity contribution in [3.05, 3.63) is 58.8 Å². The molecule has 0 saturated heterocycles. The number of thiazole rings is 2. The van der Waals surface area contributed by atoms with E-state index in [1.54, 1.807) is 28.9 Å². The molecule has 4 nitrogen and oxygen atoms in total. The summed E-state index contributed by atoms with van der Waals surface area (Å²) in [6, 6.07) is 9.65. The molecule has 1 N–H and O–H groups in total. The van der Waals surface area contributed by atoms with Crippen LogP contribution in [0.15, 0.2) is 48.1 Å². The molecule has 0 bridgehead atoms. The van der Waals surface area contributed by atoms with Gasteiger partial charge < -0.3 is 5.32 Å². The number of benzene rings is 1. The molecular formula is C16H11ClN4S2. The third-order valence-corrected chi connectivity index (χ3v) is 5.38. The van der Waals surface area contributed by atoms with Gasteiger partial charge in [-0.05, 0) is 30.3 Å². The number of anilines is 1. The monoisotopic (exact) mass is 358 g/mol. The summed E-state index contributed by atoms with van der Waals surface area (Å²) in [4.78, 5) is 13.3. The van der Waals surface area contributed by atoms with Crippen LogP contribution in [-0.2, 0) is 6.54 Å². The molecule has 114 valence electrons. The third kappa shape index (κ3) is 3.19. The molecule has 0 aliphatic rings. The summed E-state index contributed by atoms with van der Waals surface area (Å²) in [5, 5.41) is 7.96. The van der Waals surface area contributed by atoms with Crippen LogP contribution < -0.4 is 5.32 Å². The van der Waals surface area contributed by atoms with Crippen LogP contribution in [0.2, 0.25) is 5.02 Å². The predicted molar refractivity (Wildman–Crippen MR) is 97.3 cm³/mol. The van der Waals surface area contributed by atoms with Crippen molar-refractivity contribution in [2.45, 2.75) is 6.54 Å².